The zero-order valence-electron chi connectivity index (χ0n) is 18.0. The van der Waals surface area contributed by atoms with Crippen molar-refractivity contribution in [1.29, 1.82) is 0 Å². The largest absolute Gasteiger partial charge is 0.356 e. The first-order chi connectivity index (χ1) is 14.5. The van der Waals surface area contributed by atoms with E-state index < -0.39 is 9.84 Å². The van der Waals surface area contributed by atoms with Crippen LogP contribution in [-0.2, 0) is 16.3 Å². The molecule has 0 amide bonds. The minimum atomic E-state index is -3.14. The van der Waals surface area contributed by atoms with Crippen molar-refractivity contribution in [3.05, 3.63) is 65.7 Å². The molecule has 0 saturated heterocycles. The zero-order chi connectivity index (χ0) is 21.4. The molecule has 0 aliphatic heterocycles. The lowest BCUT2D eigenvalue weighted by Gasteiger charge is -2.29. The molecule has 2 N–H and O–H groups in total. The van der Waals surface area contributed by atoms with Gasteiger partial charge in [-0.25, -0.2) is 8.42 Å². The lowest BCUT2D eigenvalue weighted by atomic mass is 9.79. The summed E-state index contributed by atoms with van der Waals surface area (Å²) in [6.07, 6.45) is 7.05. The van der Waals surface area contributed by atoms with Crippen LogP contribution in [-0.4, -0.2) is 40.8 Å². The van der Waals surface area contributed by atoms with Gasteiger partial charge in [0.1, 0.15) is 0 Å². The van der Waals surface area contributed by atoms with Crippen molar-refractivity contribution in [2.45, 2.75) is 42.9 Å². The van der Waals surface area contributed by atoms with E-state index in [1.807, 2.05) is 12.1 Å². The van der Waals surface area contributed by atoms with Crippen LogP contribution < -0.4 is 10.6 Å². The summed E-state index contributed by atoms with van der Waals surface area (Å²) in [6, 6.07) is 18.0. The van der Waals surface area contributed by atoms with Gasteiger partial charge < -0.3 is 10.6 Å². The van der Waals surface area contributed by atoms with E-state index in [2.05, 4.69) is 46.0 Å². The second kappa shape index (κ2) is 10.6. The van der Waals surface area contributed by atoms with E-state index in [-0.39, 0.29) is 0 Å². The van der Waals surface area contributed by atoms with Crippen LogP contribution in [0.3, 0.4) is 0 Å². The standard InChI is InChI=1S/C24H33N3O2S/c1-25-24(26-17-16-19-10-14-23(15-11-19)30(2,28)29)27-18-20-8-12-22(13-9-20)21-6-4-3-5-7-21/h3-7,10-11,14-15,20,22H,8-9,12-13,16-18H2,1-2H3,(H2,25,26,27). The first kappa shape index (κ1) is 22.3. The van der Waals surface area contributed by atoms with E-state index in [4.69, 9.17) is 0 Å². The number of nitrogens with one attached hydrogen (secondary N) is 2. The van der Waals surface area contributed by atoms with Gasteiger partial charge in [0.15, 0.2) is 15.8 Å². The Hall–Kier alpha value is -2.34. The maximum Gasteiger partial charge on any atom is 0.190 e. The first-order valence-corrected chi connectivity index (χ1v) is 12.6. The molecule has 0 atom stereocenters. The van der Waals surface area contributed by atoms with E-state index in [1.165, 1.54) is 37.5 Å². The van der Waals surface area contributed by atoms with E-state index in [9.17, 15) is 8.42 Å². The SMILES string of the molecule is CN=C(NCCc1ccc(S(C)(=O)=O)cc1)NCC1CCC(c2ccccc2)CC1. The summed E-state index contributed by atoms with van der Waals surface area (Å²) in [6.45, 7) is 1.70. The topological polar surface area (TPSA) is 70.6 Å². The van der Waals surface area contributed by atoms with Gasteiger partial charge in [-0.3, -0.25) is 4.99 Å². The van der Waals surface area contributed by atoms with Gasteiger partial charge in [-0.2, -0.15) is 0 Å². The highest BCUT2D eigenvalue weighted by molar-refractivity contribution is 7.90. The molecule has 0 heterocycles. The van der Waals surface area contributed by atoms with Gasteiger partial charge in [-0.15, -0.1) is 0 Å². The fourth-order valence-corrected chi connectivity index (χ4v) is 4.75. The Morgan fingerprint density at radius 1 is 0.967 bits per heavy atom. The van der Waals surface area contributed by atoms with Crippen LogP contribution in [0.1, 0.15) is 42.7 Å². The Morgan fingerprint density at radius 2 is 1.63 bits per heavy atom. The third kappa shape index (κ3) is 6.59. The van der Waals surface area contributed by atoms with E-state index in [0.717, 1.165) is 31.0 Å². The number of hydrogen-bond donors (Lipinski definition) is 2. The van der Waals surface area contributed by atoms with E-state index in [0.29, 0.717) is 16.7 Å². The highest BCUT2D eigenvalue weighted by Crippen LogP contribution is 2.35. The summed E-state index contributed by atoms with van der Waals surface area (Å²) in [5.41, 5.74) is 2.58. The average Bonchev–Trinajstić information content (AvgIpc) is 2.77. The van der Waals surface area contributed by atoms with E-state index in [1.54, 1.807) is 19.2 Å². The monoisotopic (exact) mass is 427 g/mol. The fraction of sp³-hybridized carbons (Fsp3) is 0.458. The average molecular weight is 428 g/mol. The molecule has 0 radical (unpaired) electrons. The highest BCUT2D eigenvalue weighted by Gasteiger charge is 2.22. The number of guanidine groups is 1. The molecule has 2 aromatic rings. The van der Waals surface area contributed by atoms with Gasteiger partial charge in [-0.1, -0.05) is 42.5 Å². The molecule has 5 nitrogen and oxygen atoms in total. The van der Waals surface area contributed by atoms with Crippen molar-refractivity contribution in [1.82, 2.24) is 10.6 Å². The van der Waals surface area contributed by atoms with Gasteiger partial charge in [0.05, 0.1) is 4.90 Å². The smallest absolute Gasteiger partial charge is 0.190 e. The van der Waals surface area contributed by atoms with Crippen molar-refractivity contribution < 1.29 is 8.42 Å². The summed E-state index contributed by atoms with van der Waals surface area (Å²) in [4.78, 5) is 4.69. The molecule has 3 rings (SSSR count). The van der Waals surface area contributed by atoms with Crippen molar-refractivity contribution in [2.75, 3.05) is 26.4 Å². The quantitative estimate of drug-likeness (QED) is 0.521. The third-order valence-corrected chi connectivity index (χ3v) is 7.09. The summed E-state index contributed by atoms with van der Waals surface area (Å²) in [7, 11) is -1.35. The van der Waals surface area contributed by atoms with Crippen LogP contribution >= 0.6 is 0 Å². The predicted molar refractivity (Wildman–Crippen MR) is 124 cm³/mol. The van der Waals surface area contributed by atoms with Gasteiger partial charge in [0.2, 0.25) is 0 Å². The Kier molecular flexibility index (Phi) is 7.91. The number of aliphatic imine (C=N–C) groups is 1. The molecule has 0 aromatic heterocycles. The maximum absolute atomic E-state index is 11.5. The Labute approximate surface area is 180 Å². The lowest BCUT2D eigenvalue weighted by Crippen LogP contribution is -2.41. The zero-order valence-corrected chi connectivity index (χ0v) is 18.8. The Bertz CT molecular complexity index is 917. The minimum absolute atomic E-state index is 0.360. The van der Waals surface area contributed by atoms with Crippen LogP contribution in [0, 0.1) is 5.92 Å². The van der Waals surface area contributed by atoms with Crippen LogP contribution in [0.15, 0.2) is 64.5 Å². The number of benzene rings is 2. The molecule has 6 heteroatoms. The van der Waals surface area contributed by atoms with E-state index >= 15 is 0 Å². The van der Waals surface area contributed by atoms with Gasteiger partial charge in [-0.05, 0) is 67.2 Å². The second-order valence-electron chi connectivity index (χ2n) is 8.17. The molecule has 1 fully saturated rings. The number of sulfone groups is 1. The molecule has 0 bridgehead atoms. The molecule has 0 spiro atoms. The van der Waals surface area contributed by atoms with Crippen molar-refractivity contribution in [3.63, 3.8) is 0 Å². The molecule has 0 unspecified atom stereocenters. The maximum atomic E-state index is 11.5. The molecule has 1 aliphatic carbocycles. The Morgan fingerprint density at radius 3 is 2.23 bits per heavy atom. The molecular formula is C24H33N3O2S. The number of rotatable bonds is 7. The summed E-state index contributed by atoms with van der Waals surface area (Å²) in [5, 5.41) is 6.83. The number of nitrogens with zero attached hydrogens (tertiary/aromatic N) is 1. The van der Waals surface area contributed by atoms with Gasteiger partial charge in [0.25, 0.3) is 0 Å². The lowest BCUT2D eigenvalue weighted by molar-refractivity contribution is 0.324. The van der Waals surface area contributed by atoms with Crippen molar-refractivity contribution in [3.8, 4) is 0 Å². The molecule has 30 heavy (non-hydrogen) atoms. The van der Waals surface area contributed by atoms with Crippen molar-refractivity contribution >= 4 is 15.8 Å². The van der Waals surface area contributed by atoms with Gasteiger partial charge in [0, 0.05) is 26.4 Å². The molecule has 1 aliphatic rings. The normalized spacial score (nSPS) is 20.0. The fourth-order valence-electron chi connectivity index (χ4n) is 4.12. The third-order valence-electron chi connectivity index (χ3n) is 5.96. The predicted octanol–water partition coefficient (Wildman–Crippen LogP) is 3.77. The van der Waals surface area contributed by atoms with Gasteiger partial charge >= 0.3 is 0 Å². The van der Waals surface area contributed by atoms with Crippen LogP contribution in [0.2, 0.25) is 0 Å². The van der Waals surface area contributed by atoms with Crippen LogP contribution in [0.25, 0.3) is 0 Å². The molecule has 1 saturated carbocycles. The second-order valence-corrected chi connectivity index (χ2v) is 10.2. The summed E-state index contributed by atoms with van der Waals surface area (Å²) < 4.78 is 23.1. The van der Waals surface area contributed by atoms with Crippen molar-refractivity contribution in [2.24, 2.45) is 10.9 Å². The van der Waals surface area contributed by atoms with Crippen LogP contribution in [0.5, 0.6) is 0 Å². The molecule has 2 aromatic carbocycles. The summed E-state index contributed by atoms with van der Waals surface area (Å²) >= 11 is 0. The summed E-state index contributed by atoms with van der Waals surface area (Å²) in [5.74, 6) is 2.22. The molecule has 162 valence electrons. The first-order valence-electron chi connectivity index (χ1n) is 10.7. The minimum Gasteiger partial charge on any atom is -0.356 e. The van der Waals surface area contributed by atoms with Crippen LogP contribution in [0.4, 0.5) is 0 Å². The Balaban J connectivity index is 1.37. The highest BCUT2D eigenvalue weighted by atomic mass is 32.2. The number of hydrogen-bond acceptors (Lipinski definition) is 3. The molecular weight excluding hydrogens is 394 g/mol.